The molecule has 3 rings (SSSR count). The van der Waals surface area contributed by atoms with Gasteiger partial charge in [0.05, 0.1) is 6.54 Å². The number of carbonyl (C=O) groups excluding carboxylic acids is 1. The van der Waals surface area contributed by atoms with Crippen molar-refractivity contribution in [2.45, 2.75) is 26.4 Å². The van der Waals surface area contributed by atoms with Crippen molar-refractivity contribution in [2.75, 3.05) is 40.3 Å². The van der Waals surface area contributed by atoms with E-state index < -0.39 is 0 Å². The van der Waals surface area contributed by atoms with Gasteiger partial charge in [-0.05, 0) is 26.6 Å². The Bertz CT molecular complexity index is 733. The summed E-state index contributed by atoms with van der Waals surface area (Å²) in [5.74, 6) is 1.45. The third-order valence-electron chi connectivity index (χ3n) is 4.76. The summed E-state index contributed by atoms with van der Waals surface area (Å²) in [6.45, 7) is 7.56. The van der Waals surface area contributed by atoms with E-state index in [1.807, 2.05) is 36.0 Å². The second kappa shape index (κ2) is 7.97. The van der Waals surface area contributed by atoms with Crippen LogP contribution in [0.4, 0.5) is 0 Å². The number of aryl methyl sites for hydroxylation is 2. The molecule has 140 valence electrons. The minimum absolute atomic E-state index is 0.161. The Morgan fingerprint density at radius 3 is 2.35 bits per heavy atom. The van der Waals surface area contributed by atoms with Gasteiger partial charge in [-0.3, -0.25) is 14.6 Å². The Morgan fingerprint density at radius 2 is 1.81 bits per heavy atom. The van der Waals surface area contributed by atoms with Gasteiger partial charge in [0.1, 0.15) is 6.04 Å². The van der Waals surface area contributed by atoms with Crippen LogP contribution in [0.3, 0.4) is 0 Å². The third-order valence-corrected chi connectivity index (χ3v) is 4.76. The molecule has 7 heteroatoms. The van der Waals surface area contributed by atoms with E-state index in [-0.39, 0.29) is 11.9 Å². The summed E-state index contributed by atoms with van der Waals surface area (Å²) >= 11 is 0. The van der Waals surface area contributed by atoms with E-state index >= 15 is 0 Å². The van der Waals surface area contributed by atoms with Gasteiger partial charge in [0, 0.05) is 33.1 Å². The quantitative estimate of drug-likeness (QED) is 0.810. The monoisotopic (exact) mass is 357 g/mol. The van der Waals surface area contributed by atoms with Crippen LogP contribution in [-0.4, -0.2) is 71.0 Å². The van der Waals surface area contributed by atoms with Crippen molar-refractivity contribution in [3.05, 3.63) is 47.1 Å². The van der Waals surface area contributed by atoms with Crippen LogP contribution in [0.1, 0.15) is 28.9 Å². The molecule has 1 fully saturated rings. The first-order chi connectivity index (χ1) is 12.4. The van der Waals surface area contributed by atoms with E-state index in [1.54, 1.807) is 6.92 Å². The van der Waals surface area contributed by atoms with Crippen molar-refractivity contribution in [2.24, 2.45) is 0 Å². The van der Waals surface area contributed by atoms with Gasteiger partial charge in [-0.25, -0.2) is 0 Å². The van der Waals surface area contributed by atoms with Gasteiger partial charge in [-0.15, -0.1) is 0 Å². The van der Waals surface area contributed by atoms with Crippen LogP contribution in [0.2, 0.25) is 0 Å². The van der Waals surface area contributed by atoms with Crippen molar-refractivity contribution < 1.29 is 9.32 Å². The number of amides is 1. The second-order valence-electron chi connectivity index (χ2n) is 7.11. The van der Waals surface area contributed by atoms with Gasteiger partial charge in [-0.1, -0.05) is 35.0 Å². The summed E-state index contributed by atoms with van der Waals surface area (Å²) < 4.78 is 5.02. The maximum atomic E-state index is 13.1. The number of likely N-dealkylation sites (N-methyl/N-ethyl adjacent to an activating group) is 1. The molecule has 1 aromatic heterocycles. The Hall–Kier alpha value is -2.25. The average Bonchev–Trinajstić information content (AvgIpc) is 3.02. The minimum Gasteiger partial charge on any atom is -0.340 e. The smallest absolute Gasteiger partial charge is 0.244 e. The molecule has 1 aromatic carbocycles. The van der Waals surface area contributed by atoms with E-state index in [1.165, 1.54) is 5.56 Å². The molecule has 0 bridgehead atoms. The maximum Gasteiger partial charge on any atom is 0.244 e. The van der Waals surface area contributed by atoms with E-state index in [0.29, 0.717) is 31.3 Å². The fraction of sp³-hybridized carbons (Fsp3) is 0.526. The number of hydrogen-bond donors (Lipinski definition) is 0. The van der Waals surface area contributed by atoms with Gasteiger partial charge in [-0.2, -0.15) is 4.98 Å². The first-order valence-corrected chi connectivity index (χ1v) is 8.97. The summed E-state index contributed by atoms with van der Waals surface area (Å²) in [4.78, 5) is 23.6. The number of hydrogen-bond acceptors (Lipinski definition) is 6. The van der Waals surface area contributed by atoms with E-state index in [2.05, 4.69) is 34.1 Å². The van der Waals surface area contributed by atoms with Crippen LogP contribution in [-0.2, 0) is 11.3 Å². The Morgan fingerprint density at radius 1 is 1.15 bits per heavy atom. The van der Waals surface area contributed by atoms with Crippen molar-refractivity contribution >= 4 is 5.91 Å². The molecule has 2 heterocycles. The standard InChI is InChI=1S/C19H27N5O2/c1-14-5-7-16(8-6-14)18(22(3)4)19(25)24-11-9-23(10-12-24)13-17-20-15(2)26-21-17/h5-8,18H,9-13H2,1-4H3/t18-/m1/s1. The van der Waals surface area contributed by atoms with Crippen LogP contribution in [0, 0.1) is 13.8 Å². The molecular formula is C19H27N5O2. The molecule has 2 aromatic rings. The first-order valence-electron chi connectivity index (χ1n) is 8.97. The van der Waals surface area contributed by atoms with Gasteiger partial charge in [0.15, 0.2) is 5.82 Å². The lowest BCUT2D eigenvalue weighted by molar-refractivity contribution is -0.138. The van der Waals surface area contributed by atoms with Gasteiger partial charge in [0.25, 0.3) is 0 Å². The molecule has 0 saturated carbocycles. The molecule has 0 N–H and O–H groups in total. The topological polar surface area (TPSA) is 65.7 Å². The lowest BCUT2D eigenvalue weighted by atomic mass is 10.0. The highest BCUT2D eigenvalue weighted by Gasteiger charge is 2.30. The molecule has 0 spiro atoms. The SMILES string of the molecule is Cc1ccc([C@H](C(=O)N2CCN(Cc3noc(C)n3)CC2)N(C)C)cc1. The number of nitrogens with zero attached hydrogens (tertiary/aromatic N) is 5. The summed E-state index contributed by atoms with van der Waals surface area (Å²) in [7, 11) is 3.91. The zero-order valence-corrected chi connectivity index (χ0v) is 16.0. The van der Waals surface area contributed by atoms with Crippen LogP contribution >= 0.6 is 0 Å². The van der Waals surface area contributed by atoms with Gasteiger partial charge in [0.2, 0.25) is 11.8 Å². The van der Waals surface area contributed by atoms with E-state index in [9.17, 15) is 4.79 Å². The second-order valence-corrected chi connectivity index (χ2v) is 7.11. The molecule has 1 atom stereocenters. The number of rotatable bonds is 5. The lowest BCUT2D eigenvalue weighted by Crippen LogP contribution is -2.51. The maximum absolute atomic E-state index is 13.1. The highest BCUT2D eigenvalue weighted by Crippen LogP contribution is 2.22. The Kier molecular flexibility index (Phi) is 5.68. The lowest BCUT2D eigenvalue weighted by Gasteiger charge is -2.37. The molecule has 1 saturated heterocycles. The third kappa shape index (κ3) is 4.28. The summed E-state index contributed by atoms with van der Waals surface area (Å²) in [5.41, 5.74) is 2.24. The first kappa shape index (κ1) is 18.5. The summed E-state index contributed by atoms with van der Waals surface area (Å²) in [6.07, 6.45) is 0. The van der Waals surface area contributed by atoms with Gasteiger partial charge < -0.3 is 9.42 Å². The molecule has 0 radical (unpaired) electrons. The van der Waals surface area contributed by atoms with Crippen LogP contribution in [0.25, 0.3) is 0 Å². The highest BCUT2D eigenvalue weighted by molar-refractivity contribution is 5.83. The molecular weight excluding hydrogens is 330 g/mol. The fourth-order valence-corrected chi connectivity index (χ4v) is 3.32. The van der Waals surface area contributed by atoms with Crippen LogP contribution < -0.4 is 0 Å². The average molecular weight is 357 g/mol. The molecule has 1 aliphatic rings. The summed E-state index contributed by atoms with van der Waals surface area (Å²) in [5, 5.41) is 3.95. The Labute approximate surface area is 154 Å². The van der Waals surface area contributed by atoms with Crippen molar-refractivity contribution in [3.8, 4) is 0 Å². The predicted molar refractivity (Wildman–Crippen MR) is 98.5 cm³/mol. The minimum atomic E-state index is -0.248. The van der Waals surface area contributed by atoms with E-state index in [4.69, 9.17) is 4.52 Å². The number of piperazine rings is 1. The van der Waals surface area contributed by atoms with E-state index in [0.717, 1.165) is 18.7 Å². The molecule has 1 amide bonds. The highest BCUT2D eigenvalue weighted by atomic mass is 16.5. The Balaban J connectivity index is 1.61. The molecule has 7 nitrogen and oxygen atoms in total. The molecule has 26 heavy (non-hydrogen) atoms. The molecule has 0 unspecified atom stereocenters. The van der Waals surface area contributed by atoms with Crippen molar-refractivity contribution in [1.82, 2.24) is 24.8 Å². The number of benzene rings is 1. The largest absolute Gasteiger partial charge is 0.340 e. The normalized spacial score (nSPS) is 16.9. The zero-order chi connectivity index (χ0) is 18.7. The van der Waals surface area contributed by atoms with Crippen molar-refractivity contribution in [1.29, 1.82) is 0 Å². The van der Waals surface area contributed by atoms with Crippen LogP contribution in [0.15, 0.2) is 28.8 Å². The molecule has 1 aliphatic heterocycles. The van der Waals surface area contributed by atoms with Gasteiger partial charge >= 0.3 is 0 Å². The number of aromatic nitrogens is 2. The number of carbonyl (C=O) groups is 1. The summed E-state index contributed by atoms with van der Waals surface area (Å²) in [6, 6.07) is 7.97. The zero-order valence-electron chi connectivity index (χ0n) is 16.0. The van der Waals surface area contributed by atoms with Crippen LogP contribution in [0.5, 0.6) is 0 Å². The predicted octanol–water partition coefficient (Wildman–Crippen LogP) is 1.63. The van der Waals surface area contributed by atoms with Crippen molar-refractivity contribution in [3.63, 3.8) is 0 Å². The fourth-order valence-electron chi connectivity index (χ4n) is 3.32. The molecule has 0 aliphatic carbocycles.